The molecule has 21 heavy (non-hydrogen) atoms. The van der Waals surface area contributed by atoms with Gasteiger partial charge in [-0.15, -0.1) is 0 Å². The minimum absolute atomic E-state index is 0.709. The van der Waals surface area contributed by atoms with Gasteiger partial charge in [0.2, 0.25) is 0 Å². The van der Waals surface area contributed by atoms with Crippen molar-refractivity contribution in [3.63, 3.8) is 0 Å². The molecule has 2 aromatic carbocycles. The second-order valence-electron chi connectivity index (χ2n) is 6.07. The number of benzene rings is 2. The third kappa shape index (κ3) is 3.45. The summed E-state index contributed by atoms with van der Waals surface area (Å²) in [4.78, 5) is 0. The van der Waals surface area contributed by atoms with Gasteiger partial charge in [-0.2, -0.15) is 0 Å². The smallest absolute Gasteiger partial charge is 0.131 e. The third-order valence-electron chi connectivity index (χ3n) is 4.12. The lowest BCUT2D eigenvalue weighted by atomic mass is 10.1. The molecule has 0 atom stereocenters. The van der Waals surface area contributed by atoms with Gasteiger partial charge in [0.15, 0.2) is 0 Å². The molecule has 0 saturated heterocycles. The van der Waals surface area contributed by atoms with Crippen LogP contribution in [0.1, 0.15) is 35.1 Å². The van der Waals surface area contributed by atoms with E-state index in [1.807, 2.05) is 6.07 Å². The highest BCUT2D eigenvalue weighted by molar-refractivity contribution is 5.46. The summed E-state index contributed by atoms with van der Waals surface area (Å²) in [6.07, 6.45) is 2.61. The molecule has 0 heterocycles. The van der Waals surface area contributed by atoms with Crippen molar-refractivity contribution in [2.45, 2.75) is 46.2 Å². The largest absolute Gasteiger partial charge is 0.457 e. The van der Waals surface area contributed by atoms with E-state index in [-0.39, 0.29) is 0 Å². The molecule has 0 spiro atoms. The van der Waals surface area contributed by atoms with E-state index in [4.69, 9.17) is 4.74 Å². The number of nitrogens with one attached hydrogen (secondary N) is 1. The number of hydrogen-bond donors (Lipinski definition) is 1. The van der Waals surface area contributed by atoms with E-state index in [1.54, 1.807) is 0 Å². The van der Waals surface area contributed by atoms with Crippen LogP contribution in [0.25, 0.3) is 0 Å². The molecule has 0 unspecified atom stereocenters. The Labute approximate surface area is 127 Å². The van der Waals surface area contributed by atoms with Crippen molar-refractivity contribution in [3.05, 3.63) is 58.7 Å². The van der Waals surface area contributed by atoms with Gasteiger partial charge in [-0.1, -0.05) is 24.3 Å². The van der Waals surface area contributed by atoms with Gasteiger partial charge in [0.25, 0.3) is 0 Å². The average Bonchev–Trinajstić information content (AvgIpc) is 3.27. The molecule has 1 N–H and O–H groups in total. The van der Waals surface area contributed by atoms with Gasteiger partial charge >= 0.3 is 0 Å². The predicted molar refractivity (Wildman–Crippen MR) is 87.0 cm³/mol. The fourth-order valence-electron chi connectivity index (χ4n) is 2.52. The zero-order valence-corrected chi connectivity index (χ0v) is 13.1. The van der Waals surface area contributed by atoms with E-state index < -0.39 is 0 Å². The minimum Gasteiger partial charge on any atom is -0.457 e. The summed E-state index contributed by atoms with van der Waals surface area (Å²) in [7, 11) is 0. The van der Waals surface area contributed by atoms with E-state index in [9.17, 15) is 0 Å². The molecule has 0 radical (unpaired) electrons. The molecule has 110 valence electrons. The van der Waals surface area contributed by atoms with E-state index >= 15 is 0 Å². The van der Waals surface area contributed by atoms with Crippen molar-refractivity contribution < 1.29 is 4.74 Å². The first-order valence-electron chi connectivity index (χ1n) is 7.70. The monoisotopic (exact) mass is 281 g/mol. The molecular formula is C19H23NO. The van der Waals surface area contributed by atoms with Gasteiger partial charge in [0.1, 0.15) is 11.5 Å². The van der Waals surface area contributed by atoms with Gasteiger partial charge in [-0.25, -0.2) is 0 Å². The van der Waals surface area contributed by atoms with Crippen molar-refractivity contribution in [1.29, 1.82) is 0 Å². The van der Waals surface area contributed by atoms with Crippen LogP contribution in [0.5, 0.6) is 11.5 Å². The first kappa shape index (κ1) is 14.2. The summed E-state index contributed by atoms with van der Waals surface area (Å²) in [5.74, 6) is 1.92. The Balaban J connectivity index is 1.83. The summed E-state index contributed by atoms with van der Waals surface area (Å²) < 4.78 is 6.21. The van der Waals surface area contributed by atoms with Gasteiger partial charge in [-0.05, 0) is 62.4 Å². The van der Waals surface area contributed by atoms with Crippen molar-refractivity contribution in [2.24, 2.45) is 0 Å². The maximum atomic E-state index is 6.21. The molecule has 1 aliphatic carbocycles. The Kier molecular flexibility index (Phi) is 3.98. The second kappa shape index (κ2) is 5.90. The Bertz CT molecular complexity index is 644. The molecule has 3 rings (SSSR count). The number of rotatable bonds is 5. The Morgan fingerprint density at radius 1 is 1.05 bits per heavy atom. The van der Waals surface area contributed by atoms with Gasteiger partial charge in [-0.3, -0.25) is 0 Å². The molecule has 2 heteroatoms. The van der Waals surface area contributed by atoms with E-state index in [0.717, 1.165) is 18.0 Å². The standard InChI is InChI=1S/C19H23NO/c1-13-10-14(2)15(3)19(11-13)21-18-7-5-4-6-16(18)12-20-17-8-9-17/h4-7,10-11,17,20H,8-9,12H2,1-3H3. The highest BCUT2D eigenvalue weighted by Crippen LogP contribution is 2.31. The molecule has 0 bridgehead atoms. The zero-order valence-electron chi connectivity index (χ0n) is 13.1. The molecule has 0 amide bonds. The quantitative estimate of drug-likeness (QED) is 0.861. The maximum Gasteiger partial charge on any atom is 0.131 e. The van der Waals surface area contributed by atoms with Gasteiger partial charge in [0.05, 0.1) is 0 Å². The van der Waals surface area contributed by atoms with Crippen LogP contribution in [0.2, 0.25) is 0 Å². The SMILES string of the molecule is Cc1cc(C)c(C)c(Oc2ccccc2CNC2CC2)c1. The third-order valence-corrected chi connectivity index (χ3v) is 4.12. The van der Waals surface area contributed by atoms with Crippen molar-refractivity contribution in [3.8, 4) is 11.5 Å². The minimum atomic E-state index is 0.709. The first-order valence-corrected chi connectivity index (χ1v) is 7.70. The maximum absolute atomic E-state index is 6.21. The van der Waals surface area contributed by atoms with Crippen molar-refractivity contribution in [2.75, 3.05) is 0 Å². The molecule has 0 aromatic heterocycles. The number of ether oxygens (including phenoxy) is 1. The second-order valence-corrected chi connectivity index (χ2v) is 6.07. The van der Waals surface area contributed by atoms with Crippen molar-refractivity contribution in [1.82, 2.24) is 5.32 Å². The van der Waals surface area contributed by atoms with Crippen molar-refractivity contribution >= 4 is 0 Å². The molecule has 2 aromatic rings. The lowest BCUT2D eigenvalue weighted by molar-refractivity contribution is 0.468. The lowest BCUT2D eigenvalue weighted by Gasteiger charge is -2.15. The Hall–Kier alpha value is -1.80. The van der Waals surface area contributed by atoms with Crippen LogP contribution in [0.4, 0.5) is 0 Å². The molecule has 2 nitrogen and oxygen atoms in total. The zero-order chi connectivity index (χ0) is 14.8. The number of para-hydroxylation sites is 1. The van der Waals surface area contributed by atoms with Gasteiger partial charge in [0, 0.05) is 18.2 Å². The Morgan fingerprint density at radius 2 is 1.81 bits per heavy atom. The molecular weight excluding hydrogens is 258 g/mol. The van der Waals surface area contributed by atoms with Crippen LogP contribution in [-0.4, -0.2) is 6.04 Å². The fraction of sp³-hybridized carbons (Fsp3) is 0.368. The first-order chi connectivity index (χ1) is 10.1. The predicted octanol–water partition coefficient (Wildman–Crippen LogP) is 4.66. The topological polar surface area (TPSA) is 21.3 Å². The molecule has 1 fully saturated rings. The Morgan fingerprint density at radius 3 is 2.57 bits per heavy atom. The van der Waals surface area contributed by atoms with E-state index in [1.165, 1.54) is 35.1 Å². The average molecular weight is 281 g/mol. The number of aryl methyl sites for hydroxylation is 2. The highest BCUT2D eigenvalue weighted by atomic mass is 16.5. The van der Waals surface area contributed by atoms with Gasteiger partial charge < -0.3 is 10.1 Å². The molecule has 0 aliphatic heterocycles. The summed E-state index contributed by atoms with van der Waals surface area (Å²) in [6, 6.07) is 13.3. The van der Waals surface area contributed by atoms with Crippen LogP contribution in [0, 0.1) is 20.8 Å². The summed E-state index contributed by atoms with van der Waals surface area (Å²) in [5, 5.41) is 3.56. The molecule has 1 saturated carbocycles. The lowest BCUT2D eigenvalue weighted by Crippen LogP contribution is -2.15. The summed E-state index contributed by atoms with van der Waals surface area (Å²) in [5.41, 5.74) is 4.95. The fourth-order valence-corrected chi connectivity index (χ4v) is 2.52. The summed E-state index contributed by atoms with van der Waals surface area (Å²) >= 11 is 0. The number of hydrogen-bond acceptors (Lipinski definition) is 2. The van der Waals surface area contributed by atoms with E-state index in [2.05, 4.69) is 56.4 Å². The van der Waals surface area contributed by atoms with Crippen LogP contribution < -0.4 is 10.1 Å². The summed E-state index contributed by atoms with van der Waals surface area (Å²) in [6.45, 7) is 7.25. The normalized spacial score (nSPS) is 14.2. The molecule has 1 aliphatic rings. The van der Waals surface area contributed by atoms with Crippen LogP contribution in [-0.2, 0) is 6.54 Å². The highest BCUT2D eigenvalue weighted by Gasteiger charge is 2.20. The van der Waals surface area contributed by atoms with E-state index in [0.29, 0.717) is 6.04 Å². The van der Waals surface area contributed by atoms with Crippen LogP contribution >= 0.6 is 0 Å². The van der Waals surface area contributed by atoms with Crippen LogP contribution in [0.15, 0.2) is 36.4 Å². The van der Waals surface area contributed by atoms with Crippen LogP contribution in [0.3, 0.4) is 0 Å².